The van der Waals surface area contributed by atoms with Crippen molar-refractivity contribution in [2.24, 2.45) is 0 Å². The van der Waals surface area contributed by atoms with E-state index in [-0.39, 0.29) is 76.8 Å². The molecule has 0 saturated heterocycles. The second-order valence-corrected chi connectivity index (χ2v) is 12.6. The second-order valence-electron chi connectivity index (χ2n) is 12.6. The molecule has 16 heteroatoms. The molecule has 0 bridgehead atoms. The highest BCUT2D eigenvalue weighted by Crippen LogP contribution is 2.09. The molecule has 1 aromatic heterocycles. The van der Waals surface area contributed by atoms with Gasteiger partial charge in [-0.15, -0.1) is 0 Å². The van der Waals surface area contributed by atoms with E-state index in [1.54, 1.807) is 0 Å². The highest BCUT2D eigenvalue weighted by atomic mass is 16.6. The zero-order valence-corrected chi connectivity index (χ0v) is 31.9. The van der Waals surface area contributed by atoms with Crippen LogP contribution in [0.25, 0.3) is 0 Å². The largest absolute Gasteiger partial charge is 0.469 e. The predicted octanol–water partition coefficient (Wildman–Crippen LogP) is 3.91. The Hall–Kier alpha value is -4.76. The van der Waals surface area contributed by atoms with Gasteiger partial charge in [-0.2, -0.15) is 0 Å². The number of carbonyl (C=O) groups excluding carboxylic acids is 5. The van der Waals surface area contributed by atoms with Gasteiger partial charge in [-0.25, -0.2) is 37.7 Å². The number of unbranched alkanes of at least 4 members (excludes halogenated alkanes) is 12. The zero-order chi connectivity index (χ0) is 40.0. The van der Waals surface area contributed by atoms with Gasteiger partial charge in [0.2, 0.25) is 0 Å². The van der Waals surface area contributed by atoms with Crippen molar-refractivity contribution in [3.8, 4) is 0 Å². The summed E-state index contributed by atoms with van der Waals surface area (Å²) in [4.78, 5) is 97.3. The third kappa shape index (κ3) is 21.1. The molecule has 0 aliphatic heterocycles. The van der Waals surface area contributed by atoms with Crippen LogP contribution >= 0.6 is 0 Å². The summed E-state index contributed by atoms with van der Waals surface area (Å²) in [5.74, 6) is -2.20. The maximum atomic E-state index is 13.4. The van der Waals surface area contributed by atoms with Crippen LogP contribution in [0.2, 0.25) is 0 Å². The van der Waals surface area contributed by atoms with Crippen LogP contribution in [0.3, 0.4) is 0 Å². The third-order valence-corrected chi connectivity index (χ3v) is 8.42. The Morgan fingerprint density at radius 2 is 0.722 bits per heavy atom. The minimum atomic E-state index is -0.632. The molecule has 0 fully saturated rings. The number of carbonyl (C=O) groups is 5. The van der Waals surface area contributed by atoms with E-state index in [9.17, 15) is 38.4 Å². The molecule has 0 aliphatic carbocycles. The predicted molar refractivity (Wildman–Crippen MR) is 199 cm³/mol. The molecule has 0 radical (unpaired) electrons. The van der Waals surface area contributed by atoms with Crippen LogP contribution < -0.4 is 17.1 Å². The smallest absolute Gasteiger partial charge is 0.336 e. The molecule has 1 rings (SSSR count). The fourth-order valence-electron chi connectivity index (χ4n) is 5.42. The Morgan fingerprint density at radius 1 is 0.444 bits per heavy atom. The minimum absolute atomic E-state index is 0.0256. The van der Waals surface area contributed by atoms with E-state index in [1.807, 2.05) is 0 Å². The number of hydrogen-bond donors (Lipinski definition) is 0. The summed E-state index contributed by atoms with van der Waals surface area (Å²) >= 11 is 0. The molecule has 0 aliphatic rings. The van der Waals surface area contributed by atoms with E-state index in [0.29, 0.717) is 57.8 Å². The number of hydrogen-bond acceptors (Lipinski definition) is 13. The number of rotatable bonds is 32. The number of ether oxygens (including phenoxy) is 5. The average molecular weight is 766 g/mol. The fourth-order valence-corrected chi connectivity index (χ4v) is 5.42. The lowest BCUT2D eigenvalue weighted by Gasteiger charge is -2.14. The molecule has 54 heavy (non-hydrogen) atoms. The van der Waals surface area contributed by atoms with Crippen molar-refractivity contribution in [1.82, 2.24) is 13.7 Å². The molecular formula is C38H59N3O13. The highest BCUT2D eigenvalue weighted by molar-refractivity contribution is 5.81. The van der Waals surface area contributed by atoms with Gasteiger partial charge in [0.1, 0.15) is 26.4 Å². The Morgan fingerprint density at radius 3 is 1.04 bits per heavy atom. The molecule has 0 saturated carbocycles. The van der Waals surface area contributed by atoms with Gasteiger partial charge in [0.25, 0.3) is 0 Å². The van der Waals surface area contributed by atoms with Gasteiger partial charge in [0, 0.05) is 51.0 Å². The van der Waals surface area contributed by atoms with E-state index in [0.717, 1.165) is 70.8 Å². The molecule has 1 heterocycles. The van der Waals surface area contributed by atoms with Crippen molar-refractivity contribution in [1.29, 1.82) is 0 Å². The van der Waals surface area contributed by atoms with Crippen LogP contribution in [0.5, 0.6) is 0 Å². The van der Waals surface area contributed by atoms with Crippen LogP contribution in [0, 0.1) is 0 Å². The summed E-state index contributed by atoms with van der Waals surface area (Å²) in [7, 11) is 1.35. The van der Waals surface area contributed by atoms with Gasteiger partial charge in [-0.3, -0.25) is 14.4 Å². The topological polar surface area (TPSA) is 197 Å². The van der Waals surface area contributed by atoms with Crippen molar-refractivity contribution in [2.45, 2.75) is 135 Å². The van der Waals surface area contributed by atoms with Crippen molar-refractivity contribution >= 4 is 29.8 Å². The maximum absolute atomic E-state index is 13.4. The van der Waals surface area contributed by atoms with Crippen molar-refractivity contribution in [3.05, 3.63) is 56.8 Å². The first-order chi connectivity index (χ1) is 26.0. The fraction of sp³-hybridized carbons (Fsp3) is 0.684. The van der Waals surface area contributed by atoms with Crippen LogP contribution in [-0.4, -0.2) is 77.1 Å². The lowest BCUT2D eigenvalue weighted by molar-refractivity contribution is -0.149. The zero-order valence-electron chi connectivity index (χ0n) is 31.9. The summed E-state index contributed by atoms with van der Waals surface area (Å²) in [5, 5.41) is 0. The van der Waals surface area contributed by atoms with E-state index in [2.05, 4.69) is 17.9 Å². The first-order valence-electron chi connectivity index (χ1n) is 19.0. The van der Waals surface area contributed by atoms with Crippen molar-refractivity contribution in [2.75, 3.05) is 33.5 Å². The molecule has 304 valence electrons. The summed E-state index contributed by atoms with van der Waals surface area (Å²) in [5.41, 5.74) is -1.88. The van der Waals surface area contributed by atoms with E-state index < -0.39 is 29.0 Å². The van der Waals surface area contributed by atoms with Crippen LogP contribution in [0.4, 0.5) is 0 Å². The van der Waals surface area contributed by atoms with E-state index >= 15 is 0 Å². The normalized spacial score (nSPS) is 10.7. The van der Waals surface area contributed by atoms with Gasteiger partial charge in [-0.1, -0.05) is 70.9 Å². The Balaban J connectivity index is 2.66. The molecule has 0 unspecified atom stereocenters. The van der Waals surface area contributed by atoms with Crippen LogP contribution in [-0.2, 0) is 67.3 Å². The number of nitrogens with zero attached hydrogens (tertiary/aromatic N) is 3. The van der Waals surface area contributed by atoms with Gasteiger partial charge in [0.15, 0.2) is 0 Å². The minimum Gasteiger partial charge on any atom is -0.469 e. The molecule has 0 amide bonds. The maximum Gasteiger partial charge on any atom is 0.336 e. The monoisotopic (exact) mass is 765 g/mol. The van der Waals surface area contributed by atoms with Gasteiger partial charge < -0.3 is 23.7 Å². The highest BCUT2D eigenvalue weighted by Gasteiger charge is 2.15. The summed E-state index contributed by atoms with van der Waals surface area (Å²) in [6.07, 6.45) is 13.2. The average Bonchev–Trinajstić information content (AvgIpc) is 3.16. The lowest BCUT2D eigenvalue weighted by atomic mass is 10.1. The number of methoxy groups -OCH3 is 1. The molecule has 0 atom stereocenters. The van der Waals surface area contributed by atoms with Crippen molar-refractivity contribution in [3.63, 3.8) is 0 Å². The Bertz CT molecular complexity index is 1420. The van der Waals surface area contributed by atoms with Crippen molar-refractivity contribution < 1.29 is 47.7 Å². The summed E-state index contributed by atoms with van der Waals surface area (Å²) < 4.78 is 27.7. The third-order valence-electron chi connectivity index (χ3n) is 8.42. The first-order valence-corrected chi connectivity index (χ1v) is 19.0. The van der Waals surface area contributed by atoms with Crippen LogP contribution in [0.1, 0.15) is 116 Å². The summed E-state index contributed by atoms with van der Waals surface area (Å²) in [6.45, 7) is 6.93. The number of esters is 5. The van der Waals surface area contributed by atoms with Gasteiger partial charge in [-0.05, 0) is 38.5 Å². The molecule has 16 nitrogen and oxygen atoms in total. The molecule has 1 aromatic rings. The standard InChI is InChI=1S/C38H59N3O13/c1-4-31(42)51-27-29-53-34(45)22-16-10-7-13-19-25-40-36(47)39(24-18-12-6-9-15-21-33(44)50-3)37(48)41(38(40)49)26-20-14-8-11-17-23-35(46)54-30-28-52-32(43)5-2/h4-5H,1-2,6-30H2,3H3. The molecular weight excluding hydrogens is 706 g/mol. The first kappa shape index (κ1) is 47.3. The number of aromatic nitrogens is 3. The summed E-state index contributed by atoms with van der Waals surface area (Å²) in [6, 6.07) is 0. The molecule has 0 aromatic carbocycles. The SMILES string of the molecule is C=CC(=O)OCCOC(=O)CCCCCCCn1c(=O)n(CCCCCCCC(=O)OC)c(=O)n(CCCCCCCC(=O)OCCOC(=O)C=C)c1=O. The second kappa shape index (κ2) is 29.7. The van der Waals surface area contributed by atoms with Crippen LogP contribution in [0.15, 0.2) is 39.7 Å². The van der Waals surface area contributed by atoms with Gasteiger partial charge >= 0.3 is 46.9 Å². The quantitative estimate of drug-likeness (QED) is 0.0443. The molecule has 0 spiro atoms. The van der Waals surface area contributed by atoms with Gasteiger partial charge in [0.05, 0.1) is 7.11 Å². The Labute approximate surface area is 316 Å². The molecule has 0 N–H and O–H groups in total. The Kier molecular flexibility index (Phi) is 26.0. The lowest BCUT2D eigenvalue weighted by Crippen LogP contribution is -2.54. The van der Waals surface area contributed by atoms with E-state index in [4.69, 9.17) is 18.9 Å². The van der Waals surface area contributed by atoms with E-state index in [1.165, 1.54) is 7.11 Å².